The van der Waals surface area contributed by atoms with Crippen molar-refractivity contribution in [3.63, 3.8) is 0 Å². The Kier molecular flexibility index (Phi) is 42.9. The highest BCUT2D eigenvalue weighted by atomic mass is 32.2. The molecule has 0 aromatic heterocycles. The summed E-state index contributed by atoms with van der Waals surface area (Å²) < 4.78 is 53.6. The van der Waals surface area contributed by atoms with Gasteiger partial charge in [0.15, 0.2) is 23.1 Å². The Hall–Kier alpha value is -5.48. The van der Waals surface area contributed by atoms with Crippen molar-refractivity contribution < 1.29 is 85.7 Å². The number of ketones is 4. The van der Waals surface area contributed by atoms with Crippen molar-refractivity contribution in [2.75, 3.05) is 132 Å². The van der Waals surface area contributed by atoms with Crippen LogP contribution in [-0.4, -0.2) is 225 Å². The van der Waals surface area contributed by atoms with E-state index >= 15 is 0 Å². The molecule has 0 aliphatic carbocycles. The highest BCUT2D eigenvalue weighted by Gasteiger charge is 2.51. The van der Waals surface area contributed by atoms with Gasteiger partial charge in [-0.05, 0) is 99.7 Å². The van der Waals surface area contributed by atoms with Crippen LogP contribution in [0.5, 0.6) is 0 Å². The molecule has 10 atom stereocenters. The molecule has 0 spiro atoms. The van der Waals surface area contributed by atoms with Crippen LogP contribution >= 0.6 is 23.5 Å². The average Bonchev–Trinajstić information content (AvgIpc) is 1.65. The minimum absolute atomic E-state index is 0.0332. The maximum atomic E-state index is 14.2. The summed E-state index contributed by atoms with van der Waals surface area (Å²) in [6.45, 7) is 20.8. The first-order chi connectivity index (χ1) is 48.5. The van der Waals surface area contributed by atoms with Gasteiger partial charge in [0.2, 0.25) is 23.6 Å². The minimum atomic E-state index is -0.971. The van der Waals surface area contributed by atoms with Crippen LogP contribution in [-0.2, 0) is 105 Å². The number of Topliss-reactive ketones (excluding diaryl/α,β-unsaturated/α-hetero) is 4. The Balaban J connectivity index is 0.000000431. The van der Waals surface area contributed by atoms with Gasteiger partial charge in [-0.2, -0.15) is 0 Å². The molecular weight excluding hydrogens is 1330 g/mol. The highest BCUT2D eigenvalue weighted by molar-refractivity contribution is 8.00. The molecule has 2 heterocycles. The molecule has 22 nitrogen and oxygen atoms in total. The lowest BCUT2D eigenvalue weighted by Crippen LogP contribution is -2.51. The summed E-state index contributed by atoms with van der Waals surface area (Å²) in [6, 6.07) is 26.3. The number of ether oxygens (including phenoxy) is 10. The standard InChI is InChI=1S/C42H62N2O8S.C35H56N2O10S/c1-30(2)25-35(43-41(48)38(18-17-32-13-9-7-10-14-32)53-24-23-51-22-21-50-20-19-49-6)37(45)28-34(27-33-15-11-8-12-16-33)40(47)44-36(26-31(3)4)39(46)42(5)29-52-42;1-25(2)20-28(32(39)35(3)24-47-35)36-33(40)27(22-43-5)21-30(38)29(23-44-6)37-34(41)31(13-12-26-10-8-7-9-11-26)48-19-18-46-17-16-45-15-14-42-4/h7-16,30-31,34-36,38H,17-29H2,1-6H3,(H,43,48)(H,44,47);7-11,25,27-29,31H,12-24H2,1-6H3,(H,36,40)(H,37,41)/t34-,35+,36+,38+,42-;27-,28-,29-,31-,35+/m10/s1. The largest absolute Gasteiger partial charge is 0.384 e. The maximum absolute atomic E-state index is 14.2. The van der Waals surface area contributed by atoms with Crippen molar-refractivity contribution in [2.24, 2.45) is 29.6 Å². The predicted octanol–water partition coefficient (Wildman–Crippen LogP) is 8.28. The van der Waals surface area contributed by atoms with Gasteiger partial charge in [-0.3, -0.25) is 38.4 Å². The number of hydrogen-bond acceptors (Lipinski definition) is 20. The van der Waals surface area contributed by atoms with Crippen LogP contribution in [0.15, 0.2) is 91.0 Å². The molecule has 2 aliphatic heterocycles. The summed E-state index contributed by atoms with van der Waals surface area (Å²) in [5.41, 5.74) is 1.37. The zero-order valence-electron chi connectivity index (χ0n) is 62.1. The van der Waals surface area contributed by atoms with Crippen molar-refractivity contribution in [1.82, 2.24) is 21.3 Å². The molecule has 0 saturated carbocycles. The van der Waals surface area contributed by atoms with Crippen LogP contribution in [0.4, 0.5) is 0 Å². The fraction of sp³-hybridized carbons (Fsp3) is 0.662. The lowest BCUT2D eigenvalue weighted by Gasteiger charge is -2.27. The van der Waals surface area contributed by atoms with E-state index in [2.05, 4.69) is 21.3 Å². The summed E-state index contributed by atoms with van der Waals surface area (Å²) in [4.78, 5) is 109. The first kappa shape index (κ1) is 87.9. The lowest BCUT2D eigenvalue weighted by molar-refractivity contribution is -0.136. The van der Waals surface area contributed by atoms with Crippen LogP contribution in [0.25, 0.3) is 0 Å². The molecule has 3 aromatic rings. The van der Waals surface area contributed by atoms with Gasteiger partial charge in [0.05, 0.1) is 127 Å². The van der Waals surface area contributed by atoms with Crippen LogP contribution in [0.2, 0.25) is 0 Å². The Morgan fingerprint density at radius 1 is 0.416 bits per heavy atom. The third-order valence-electron chi connectivity index (χ3n) is 17.0. The third kappa shape index (κ3) is 35.7. The van der Waals surface area contributed by atoms with E-state index in [0.717, 1.165) is 16.7 Å². The number of thioether (sulfide) groups is 2. The Morgan fingerprint density at radius 2 is 0.752 bits per heavy atom. The Bertz CT molecular complexity index is 2870. The van der Waals surface area contributed by atoms with Crippen molar-refractivity contribution in [3.8, 4) is 0 Å². The van der Waals surface area contributed by atoms with Crippen molar-refractivity contribution in [3.05, 3.63) is 108 Å². The number of methoxy groups -OCH3 is 4. The normalized spacial score (nSPS) is 17.9. The molecule has 0 unspecified atom stereocenters. The number of amides is 4. The van der Waals surface area contributed by atoms with E-state index in [1.807, 2.05) is 133 Å². The van der Waals surface area contributed by atoms with E-state index in [0.29, 0.717) is 142 Å². The lowest BCUT2D eigenvalue weighted by atomic mass is 9.87. The fourth-order valence-corrected chi connectivity index (χ4v) is 13.1. The molecule has 0 bridgehead atoms. The number of benzene rings is 3. The first-order valence-electron chi connectivity index (χ1n) is 35.7. The number of carbonyl (C=O) groups is 8. The second-order valence-corrected chi connectivity index (χ2v) is 30.1. The summed E-state index contributed by atoms with van der Waals surface area (Å²) in [7, 11) is 6.14. The second kappa shape index (κ2) is 49.3. The number of epoxide rings is 2. The molecule has 101 heavy (non-hydrogen) atoms. The molecule has 24 heteroatoms. The molecule has 4 amide bonds. The van der Waals surface area contributed by atoms with E-state index in [9.17, 15) is 38.4 Å². The third-order valence-corrected chi connectivity index (χ3v) is 19.5. The van der Waals surface area contributed by atoms with E-state index in [-0.39, 0.29) is 84.7 Å². The van der Waals surface area contributed by atoms with E-state index in [1.165, 1.54) is 37.7 Å². The highest BCUT2D eigenvalue weighted by Crippen LogP contribution is 2.32. The van der Waals surface area contributed by atoms with Gasteiger partial charge in [0, 0.05) is 58.7 Å². The van der Waals surface area contributed by atoms with Crippen LogP contribution < -0.4 is 21.3 Å². The molecule has 566 valence electrons. The second-order valence-electron chi connectivity index (χ2n) is 27.4. The summed E-state index contributed by atoms with van der Waals surface area (Å²) in [5.74, 6) is -2.19. The summed E-state index contributed by atoms with van der Waals surface area (Å²) in [6.07, 6.45) is 3.94. The molecule has 2 fully saturated rings. The maximum Gasteiger partial charge on any atom is 0.233 e. The van der Waals surface area contributed by atoms with Crippen molar-refractivity contribution in [2.45, 2.75) is 165 Å². The quantitative estimate of drug-likeness (QED) is 0.0305. The Morgan fingerprint density at radius 3 is 1.14 bits per heavy atom. The van der Waals surface area contributed by atoms with Gasteiger partial charge in [0.25, 0.3) is 0 Å². The molecular formula is C77H118N4O18S2. The molecule has 2 aliphatic rings. The van der Waals surface area contributed by atoms with Crippen LogP contribution in [0.3, 0.4) is 0 Å². The molecule has 2 saturated heterocycles. The Labute approximate surface area is 609 Å². The monoisotopic (exact) mass is 1450 g/mol. The number of nitrogens with one attached hydrogen (secondary N) is 4. The van der Waals surface area contributed by atoms with Gasteiger partial charge in [-0.25, -0.2) is 0 Å². The van der Waals surface area contributed by atoms with Gasteiger partial charge in [0.1, 0.15) is 17.2 Å². The topological polar surface area (TPSA) is 284 Å². The average molecular weight is 1450 g/mol. The molecule has 0 radical (unpaired) electrons. The fourth-order valence-electron chi connectivity index (χ4n) is 11.1. The summed E-state index contributed by atoms with van der Waals surface area (Å²) in [5, 5.41) is 11.0. The molecule has 4 N–H and O–H groups in total. The molecule has 5 rings (SSSR count). The van der Waals surface area contributed by atoms with Gasteiger partial charge < -0.3 is 68.6 Å². The number of carbonyl (C=O) groups excluding carboxylic acids is 8. The van der Waals surface area contributed by atoms with E-state index < -0.39 is 63.6 Å². The zero-order valence-corrected chi connectivity index (χ0v) is 63.7. The SMILES string of the molecule is COCCOCCOCCS[C@@H](CCc1ccccc1)C(=O)N[C@@H](CC(C)C)C(=O)C[C@@H](Cc1ccccc1)C(=O)N[C@@H](CC(C)C)C(=O)[C@@]1(C)CO1.COCCOCCOCCS[C@@H](CCc1ccccc1)C(=O)N[C@@H](COC)C(=O)C[C@@H](COC)C(=O)N[C@@H](CC(C)C)C(=O)[C@@]1(C)CO1. The van der Waals surface area contributed by atoms with Crippen LogP contribution in [0.1, 0.15) is 117 Å². The van der Waals surface area contributed by atoms with E-state index in [4.69, 9.17) is 47.4 Å². The van der Waals surface area contributed by atoms with E-state index in [1.54, 1.807) is 28.1 Å². The van der Waals surface area contributed by atoms with Crippen molar-refractivity contribution >= 4 is 70.3 Å². The van der Waals surface area contributed by atoms with Crippen molar-refractivity contribution in [1.29, 1.82) is 0 Å². The summed E-state index contributed by atoms with van der Waals surface area (Å²) >= 11 is 2.98. The minimum Gasteiger partial charge on any atom is -0.384 e. The number of rotatable bonds is 56. The predicted molar refractivity (Wildman–Crippen MR) is 394 cm³/mol. The zero-order chi connectivity index (χ0) is 74.0. The first-order valence-corrected chi connectivity index (χ1v) is 37.8. The van der Waals surface area contributed by atoms with Gasteiger partial charge in [-0.1, -0.05) is 133 Å². The number of hydrogen-bond donors (Lipinski definition) is 4. The van der Waals surface area contributed by atoms with Gasteiger partial charge >= 0.3 is 0 Å². The molecule has 3 aromatic carbocycles. The number of aryl methyl sites for hydroxylation is 2. The van der Waals surface area contributed by atoms with Gasteiger partial charge in [-0.15, -0.1) is 23.5 Å². The van der Waals surface area contributed by atoms with Crippen LogP contribution in [0, 0.1) is 29.6 Å². The smallest absolute Gasteiger partial charge is 0.233 e.